The van der Waals surface area contributed by atoms with E-state index in [0.29, 0.717) is 0 Å². The Bertz CT molecular complexity index is 264. The minimum Gasteiger partial charge on any atom is -0.392 e. The third-order valence-electron chi connectivity index (χ3n) is 2.38. The average Bonchev–Trinajstić information content (AvgIpc) is 2.99. The van der Waals surface area contributed by atoms with Gasteiger partial charge in [0.2, 0.25) is 0 Å². The number of aliphatic hydroxyl groups excluding tert-OH is 1. The Labute approximate surface area is 78.6 Å². The molecule has 2 nitrogen and oxygen atoms in total. The maximum absolute atomic E-state index is 8.84. The highest BCUT2D eigenvalue weighted by Crippen LogP contribution is 2.19. The Hall–Kier alpha value is -0.860. The monoisotopic (exact) mass is 177 g/mol. The molecular weight excluding hydrogens is 162 g/mol. The molecule has 2 heteroatoms. The standard InChI is InChI=1S/C11H15NO/c13-8-10-3-1-9(2-4-10)7-12-11-5-6-11/h1-4,11-13H,5-8H2. The summed E-state index contributed by atoms with van der Waals surface area (Å²) in [7, 11) is 0. The average molecular weight is 177 g/mol. The summed E-state index contributed by atoms with van der Waals surface area (Å²) < 4.78 is 0. The van der Waals surface area contributed by atoms with Crippen molar-refractivity contribution in [2.24, 2.45) is 0 Å². The molecule has 1 fully saturated rings. The molecule has 0 amide bonds. The molecule has 0 radical (unpaired) electrons. The Kier molecular flexibility index (Phi) is 2.62. The van der Waals surface area contributed by atoms with Crippen LogP contribution >= 0.6 is 0 Å². The number of rotatable bonds is 4. The van der Waals surface area contributed by atoms with Crippen molar-refractivity contribution in [1.82, 2.24) is 5.32 Å². The van der Waals surface area contributed by atoms with Gasteiger partial charge in [-0.15, -0.1) is 0 Å². The van der Waals surface area contributed by atoms with E-state index in [1.54, 1.807) is 0 Å². The maximum Gasteiger partial charge on any atom is 0.0681 e. The van der Waals surface area contributed by atoms with Gasteiger partial charge < -0.3 is 10.4 Å². The smallest absolute Gasteiger partial charge is 0.0681 e. The molecule has 0 atom stereocenters. The first kappa shape index (κ1) is 8.73. The quantitative estimate of drug-likeness (QED) is 0.729. The second-order valence-corrected chi connectivity index (χ2v) is 3.63. The van der Waals surface area contributed by atoms with Crippen LogP contribution in [0, 0.1) is 0 Å². The zero-order chi connectivity index (χ0) is 9.10. The highest BCUT2D eigenvalue weighted by molar-refractivity contribution is 5.21. The zero-order valence-corrected chi connectivity index (χ0v) is 7.66. The molecule has 70 valence electrons. The zero-order valence-electron chi connectivity index (χ0n) is 7.66. The normalized spacial score (nSPS) is 16.1. The molecule has 2 rings (SSSR count). The molecule has 0 saturated heterocycles. The first-order valence-corrected chi connectivity index (χ1v) is 4.80. The topological polar surface area (TPSA) is 32.3 Å². The molecule has 1 aromatic carbocycles. The van der Waals surface area contributed by atoms with Crippen molar-refractivity contribution in [3.05, 3.63) is 35.4 Å². The molecule has 1 aliphatic rings. The van der Waals surface area contributed by atoms with Crippen molar-refractivity contribution in [3.8, 4) is 0 Å². The van der Waals surface area contributed by atoms with Gasteiger partial charge in [-0.1, -0.05) is 24.3 Å². The van der Waals surface area contributed by atoms with Crippen LogP contribution in [0.25, 0.3) is 0 Å². The van der Waals surface area contributed by atoms with E-state index in [-0.39, 0.29) is 6.61 Å². The van der Waals surface area contributed by atoms with E-state index in [1.165, 1.54) is 18.4 Å². The van der Waals surface area contributed by atoms with Gasteiger partial charge in [-0.25, -0.2) is 0 Å². The molecule has 13 heavy (non-hydrogen) atoms. The van der Waals surface area contributed by atoms with E-state index in [9.17, 15) is 0 Å². The van der Waals surface area contributed by atoms with Crippen LogP contribution in [0.5, 0.6) is 0 Å². The lowest BCUT2D eigenvalue weighted by Gasteiger charge is -2.03. The summed E-state index contributed by atoms with van der Waals surface area (Å²) in [4.78, 5) is 0. The first-order valence-electron chi connectivity index (χ1n) is 4.80. The molecule has 1 aliphatic carbocycles. The molecule has 0 spiro atoms. The fraction of sp³-hybridized carbons (Fsp3) is 0.455. The van der Waals surface area contributed by atoms with E-state index in [4.69, 9.17) is 5.11 Å². The Balaban J connectivity index is 1.88. The first-order chi connectivity index (χ1) is 6.38. The molecule has 2 N–H and O–H groups in total. The van der Waals surface area contributed by atoms with E-state index >= 15 is 0 Å². The summed E-state index contributed by atoms with van der Waals surface area (Å²) in [6.45, 7) is 1.09. The minimum atomic E-state index is 0.135. The van der Waals surface area contributed by atoms with Crippen molar-refractivity contribution < 1.29 is 5.11 Å². The van der Waals surface area contributed by atoms with Gasteiger partial charge in [-0.2, -0.15) is 0 Å². The maximum atomic E-state index is 8.84. The predicted molar refractivity (Wildman–Crippen MR) is 52.2 cm³/mol. The molecule has 1 saturated carbocycles. The molecule has 0 unspecified atom stereocenters. The van der Waals surface area contributed by atoms with Crippen LogP contribution in [0.4, 0.5) is 0 Å². The van der Waals surface area contributed by atoms with Crippen LogP contribution in [-0.4, -0.2) is 11.1 Å². The van der Waals surface area contributed by atoms with E-state index in [0.717, 1.165) is 18.2 Å². The fourth-order valence-corrected chi connectivity index (χ4v) is 1.31. The van der Waals surface area contributed by atoms with Gasteiger partial charge in [0.15, 0.2) is 0 Å². The summed E-state index contributed by atoms with van der Waals surface area (Å²) in [5.74, 6) is 0. The van der Waals surface area contributed by atoms with Crippen LogP contribution < -0.4 is 5.32 Å². The van der Waals surface area contributed by atoms with Gasteiger partial charge in [0, 0.05) is 12.6 Å². The Morgan fingerprint density at radius 1 is 1.15 bits per heavy atom. The van der Waals surface area contributed by atoms with Crippen LogP contribution in [0.1, 0.15) is 24.0 Å². The van der Waals surface area contributed by atoms with Gasteiger partial charge in [0.05, 0.1) is 6.61 Å². The summed E-state index contributed by atoms with van der Waals surface area (Å²) in [5.41, 5.74) is 2.28. The largest absolute Gasteiger partial charge is 0.392 e. The van der Waals surface area contributed by atoms with Crippen LogP contribution in [0.2, 0.25) is 0 Å². The lowest BCUT2D eigenvalue weighted by atomic mass is 10.1. The number of aliphatic hydroxyl groups is 1. The highest BCUT2D eigenvalue weighted by atomic mass is 16.3. The van der Waals surface area contributed by atoms with E-state index < -0.39 is 0 Å². The van der Waals surface area contributed by atoms with Gasteiger partial charge in [0.25, 0.3) is 0 Å². The number of benzene rings is 1. The van der Waals surface area contributed by atoms with Gasteiger partial charge in [-0.05, 0) is 24.0 Å². The van der Waals surface area contributed by atoms with Crippen LogP contribution in [0.15, 0.2) is 24.3 Å². The minimum absolute atomic E-state index is 0.135. The number of hydrogen-bond acceptors (Lipinski definition) is 2. The summed E-state index contributed by atoms with van der Waals surface area (Å²) >= 11 is 0. The highest BCUT2D eigenvalue weighted by Gasteiger charge is 2.19. The number of hydrogen-bond donors (Lipinski definition) is 2. The molecule has 0 aromatic heterocycles. The van der Waals surface area contributed by atoms with Crippen molar-refractivity contribution in [2.45, 2.75) is 32.0 Å². The predicted octanol–water partition coefficient (Wildman–Crippen LogP) is 1.43. The Morgan fingerprint density at radius 2 is 1.77 bits per heavy atom. The molecule has 0 heterocycles. The second kappa shape index (κ2) is 3.90. The fourth-order valence-electron chi connectivity index (χ4n) is 1.31. The molecule has 0 aliphatic heterocycles. The molecule has 0 bridgehead atoms. The van der Waals surface area contributed by atoms with E-state index in [1.807, 2.05) is 12.1 Å². The summed E-state index contributed by atoms with van der Waals surface area (Å²) in [6.07, 6.45) is 2.66. The summed E-state index contributed by atoms with van der Waals surface area (Å²) in [5, 5.41) is 12.3. The van der Waals surface area contributed by atoms with Crippen molar-refractivity contribution in [2.75, 3.05) is 0 Å². The van der Waals surface area contributed by atoms with Crippen LogP contribution in [-0.2, 0) is 13.2 Å². The lowest BCUT2D eigenvalue weighted by molar-refractivity contribution is 0.282. The van der Waals surface area contributed by atoms with Crippen molar-refractivity contribution in [1.29, 1.82) is 0 Å². The van der Waals surface area contributed by atoms with Gasteiger partial charge >= 0.3 is 0 Å². The van der Waals surface area contributed by atoms with Crippen molar-refractivity contribution in [3.63, 3.8) is 0 Å². The van der Waals surface area contributed by atoms with E-state index in [2.05, 4.69) is 17.4 Å². The van der Waals surface area contributed by atoms with Crippen molar-refractivity contribution >= 4 is 0 Å². The second-order valence-electron chi connectivity index (χ2n) is 3.63. The molecule has 1 aromatic rings. The third kappa shape index (κ3) is 2.54. The number of nitrogens with one attached hydrogen (secondary N) is 1. The Morgan fingerprint density at radius 3 is 2.31 bits per heavy atom. The summed E-state index contributed by atoms with van der Waals surface area (Å²) in [6, 6.07) is 8.85. The van der Waals surface area contributed by atoms with Crippen LogP contribution in [0.3, 0.4) is 0 Å². The third-order valence-corrected chi connectivity index (χ3v) is 2.38. The SMILES string of the molecule is OCc1ccc(CNC2CC2)cc1. The van der Waals surface area contributed by atoms with Gasteiger partial charge in [-0.3, -0.25) is 0 Å². The molecular formula is C11H15NO. The lowest BCUT2D eigenvalue weighted by Crippen LogP contribution is -2.15. The van der Waals surface area contributed by atoms with Gasteiger partial charge in [0.1, 0.15) is 0 Å².